The predicted octanol–water partition coefficient (Wildman–Crippen LogP) is 0.113. The molecule has 0 aliphatic carbocycles. The minimum absolute atomic E-state index is 0.657. The summed E-state index contributed by atoms with van der Waals surface area (Å²) in [5.41, 5.74) is 0.925. The molecule has 10 heavy (non-hydrogen) atoms. The number of benzene rings is 1. The SMILES string of the molecule is Cc1cccc[c]1[Sn](=[O])[OH]. The average Bonchev–Trinajstić information content (AvgIpc) is 1.88. The fraction of sp³-hybridized carbons (Fsp3) is 0.143. The zero-order valence-electron chi connectivity index (χ0n) is 5.66. The van der Waals surface area contributed by atoms with Crippen LogP contribution < -0.4 is 3.58 Å². The van der Waals surface area contributed by atoms with Gasteiger partial charge in [0.2, 0.25) is 0 Å². The molecule has 0 aliphatic rings. The molecule has 0 atom stereocenters. The van der Waals surface area contributed by atoms with Crippen LogP contribution in [0, 0.1) is 6.92 Å². The molecule has 0 spiro atoms. The standard InChI is InChI=1S/C7H7.H2O.O.Sn/c1-7-5-3-2-4-6-7;;;/h2-5H,1H3;1H2;;/q;;;+1/p-1. The Kier molecular flexibility index (Phi) is 2.56. The van der Waals surface area contributed by atoms with E-state index >= 15 is 0 Å². The van der Waals surface area contributed by atoms with Crippen molar-refractivity contribution in [2.75, 3.05) is 0 Å². The van der Waals surface area contributed by atoms with Crippen LogP contribution in [0.5, 0.6) is 0 Å². The van der Waals surface area contributed by atoms with E-state index in [1.165, 1.54) is 0 Å². The third-order valence-electron chi connectivity index (χ3n) is 1.38. The molecule has 0 aliphatic heterocycles. The number of hydrogen-bond acceptors (Lipinski definition) is 1. The first-order valence-corrected chi connectivity index (χ1v) is 6.87. The van der Waals surface area contributed by atoms with Gasteiger partial charge in [-0.3, -0.25) is 0 Å². The number of aryl methyl sites for hydroxylation is 1. The zero-order chi connectivity index (χ0) is 7.56. The van der Waals surface area contributed by atoms with E-state index in [1.54, 1.807) is 12.1 Å². The first kappa shape index (κ1) is 7.88. The van der Waals surface area contributed by atoms with E-state index in [4.69, 9.17) is 3.44 Å². The normalized spacial score (nSPS) is 9.40. The van der Waals surface area contributed by atoms with Crippen molar-refractivity contribution in [2.45, 2.75) is 6.92 Å². The molecule has 0 amide bonds. The van der Waals surface area contributed by atoms with Crippen LogP contribution in [0.1, 0.15) is 5.56 Å². The maximum absolute atomic E-state index is 10.7. The molecule has 0 aromatic heterocycles. The van der Waals surface area contributed by atoms with E-state index in [0.717, 1.165) is 5.56 Å². The molecule has 0 radical (unpaired) electrons. The van der Waals surface area contributed by atoms with Gasteiger partial charge < -0.3 is 0 Å². The fourth-order valence-corrected chi connectivity index (χ4v) is 2.70. The molecule has 0 unspecified atom stereocenters. The van der Waals surface area contributed by atoms with Crippen molar-refractivity contribution in [1.82, 2.24) is 0 Å². The van der Waals surface area contributed by atoms with Gasteiger partial charge in [0.05, 0.1) is 0 Å². The summed E-state index contributed by atoms with van der Waals surface area (Å²) < 4.78 is 20.2. The van der Waals surface area contributed by atoms with E-state index < -0.39 is 20.2 Å². The van der Waals surface area contributed by atoms with Crippen LogP contribution in [0.2, 0.25) is 0 Å². The molecule has 52 valence electrons. The molecule has 3 heteroatoms. The minimum atomic E-state index is -3.33. The maximum atomic E-state index is 10.7. The van der Waals surface area contributed by atoms with Crippen LogP contribution in [-0.4, -0.2) is 23.6 Å². The molecule has 1 rings (SSSR count). The molecule has 0 saturated heterocycles. The van der Waals surface area contributed by atoms with Crippen molar-refractivity contribution in [3.63, 3.8) is 0 Å². The first-order chi connectivity index (χ1) is 4.72. The monoisotopic (exact) mass is 244 g/mol. The van der Waals surface area contributed by atoms with E-state index in [9.17, 15) is 3.08 Å². The molecule has 1 N–H and O–H groups in total. The predicted molar refractivity (Wildman–Crippen MR) is 39.5 cm³/mol. The van der Waals surface area contributed by atoms with Crippen LogP contribution >= 0.6 is 0 Å². The van der Waals surface area contributed by atoms with Crippen molar-refractivity contribution in [1.29, 1.82) is 0 Å². The van der Waals surface area contributed by atoms with Crippen molar-refractivity contribution < 1.29 is 6.52 Å². The van der Waals surface area contributed by atoms with Gasteiger partial charge in [-0.15, -0.1) is 0 Å². The van der Waals surface area contributed by atoms with Crippen molar-refractivity contribution in [3.05, 3.63) is 29.8 Å². The summed E-state index contributed by atoms with van der Waals surface area (Å²) in [5, 5.41) is 0. The van der Waals surface area contributed by atoms with Crippen LogP contribution in [0.4, 0.5) is 0 Å². The number of hydrogen-bond donors (Lipinski definition) is 1. The first-order valence-electron chi connectivity index (χ1n) is 3.01. The summed E-state index contributed by atoms with van der Waals surface area (Å²) in [6, 6.07) is 7.23. The van der Waals surface area contributed by atoms with Crippen LogP contribution in [0.25, 0.3) is 0 Å². The molecule has 0 saturated carbocycles. The summed E-state index contributed by atoms with van der Waals surface area (Å²) in [6.45, 7) is 1.85. The Bertz CT molecular complexity index is 258. The van der Waals surface area contributed by atoms with Gasteiger partial charge in [-0.1, -0.05) is 0 Å². The Hall–Kier alpha value is -0.221. The second-order valence-corrected chi connectivity index (χ2v) is 5.40. The molecule has 0 bridgehead atoms. The second-order valence-electron chi connectivity index (χ2n) is 2.12. The Morgan fingerprint density at radius 3 is 2.40 bits per heavy atom. The van der Waals surface area contributed by atoms with Gasteiger partial charge in [0.25, 0.3) is 0 Å². The fourth-order valence-electron chi connectivity index (χ4n) is 0.813. The molecule has 2 nitrogen and oxygen atoms in total. The van der Waals surface area contributed by atoms with Crippen LogP contribution in [0.15, 0.2) is 24.3 Å². The molecular weight excluding hydrogens is 235 g/mol. The third-order valence-corrected chi connectivity index (χ3v) is 4.29. The molecule has 1 aromatic carbocycles. The Labute approximate surface area is 67.2 Å². The van der Waals surface area contributed by atoms with Crippen molar-refractivity contribution in [2.24, 2.45) is 0 Å². The topological polar surface area (TPSA) is 37.3 Å². The van der Waals surface area contributed by atoms with Crippen molar-refractivity contribution >= 4 is 23.7 Å². The number of rotatable bonds is 1. The second kappa shape index (κ2) is 3.25. The van der Waals surface area contributed by atoms with Gasteiger partial charge in [0.1, 0.15) is 0 Å². The molecular formula is C7H8O2Sn. The summed E-state index contributed by atoms with van der Waals surface area (Å²) in [5.74, 6) is 0. The van der Waals surface area contributed by atoms with Gasteiger partial charge in [-0.2, -0.15) is 0 Å². The molecule has 1 aromatic rings. The average molecular weight is 243 g/mol. The zero-order valence-corrected chi connectivity index (χ0v) is 8.52. The van der Waals surface area contributed by atoms with Gasteiger partial charge in [0.15, 0.2) is 0 Å². The van der Waals surface area contributed by atoms with Gasteiger partial charge in [0, 0.05) is 0 Å². The molecule has 0 heterocycles. The molecule has 0 fully saturated rings. The Balaban J connectivity index is 3.15. The van der Waals surface area contributed by atoms with Gasteiger partial charge >= 0.3 is 67.0 Å². The van der Waals surface area contributed by atoms with E-state index in [-0.39, 0.29) is 0 Å². The summed E-state index contributed by atoms with van der Waals surface area (Å²) in [7, 11) is 0. The summed E-state index contributed by atoms with van der Waals surface area (Å²) in [6.07, 6.45) is 0. The van der Waals surface area contributed by atoms with Gasteiger partial charge in [-0.25, -0.2) is 0 Å². The van der Waals surface area contributed by atoms with Crippen LogP contribution in [0.3, 0.4) is 0 Å². The van der Waals surface area contributed by atoms with Crippen molar-refractivity contribution in [3.8, 4) is 0 Å². The van der Waals surface area contributed by atoms with E-state index in [2.05, 4.69) is 0 Å². The Morgan fingerprint density at radius 2 is 2.00 bits per heavy atom. The van der Waals surface area contributed by atoms with E-state index in [1.807, 2.05) is 19.1 Å². The third kappa shape index (κ3) is 1.64. The van der Waals surface area contributed by atoms with E-state index in [0.29, 0.717) is 3.58 Å². The van der Waals surface area contributed by atoms with Crippen LogP contribution in [-0.2, 0) is 3.08 Å². The summed E-state index contributed by atoms with van der Waals surface area (Å²) in [4.78, 5) is 0. The summed E-state index contributed by atoms with van der Waals surface area (Å²) >= 11 is -3.33. The Morgan fingerprint density at radius 1 is 1.40 bits per heavy atom. The van der Waals surface area contributed by atoms with Gasteiger partial charge in [-0.05, 0) is 0 Å². The quantitative estimate of drug-likeness (QED) is 0.711.